The Morgan fingerprint density at radius 2 is 1.92 bits per heavy atom. The summed E-state index contributed by atoms with van der Waals surface area (Å²) in [5.74, 6) is -1.20. The minimum atomic E-state index is -1.11. The Balaban J connectivity index is 2.96. The molecule has 0 radical (unpaired) electrons. The average molecular weight is 375 g/mol. The van der Waals surface area contributed by atoms with Crippen LogP contribution in [0.4, 0.5) is 5.69 Å². The Kier molecular flexibility index (Phi) is 9.31. The zero-order chi connectivity index (χ0) is 19.5. The molecule has 0 spiro atoms. The molecule has 26 heavy (non-hydrogen) atoms. The molecule has 1 unspecified atom stereocenters. The predicted molar refractivity (Wildman–Crippen MR) is 105 cm³/mol. The maximum Gasteiger partial charge on any atom is 0.326 e. The van der Waals surface area contributed by atoms with Crippen LogP contribution in [0, 0.1) is 11.3 Å². The van der Waals surface area contributed by atoms with Gasteiger partial charge in [-0.3, -0.25) is 4.79 Å². The van der Waals surface area contributed by atoms with Gasteiger partial charge in [0.1, 0.15) is 17.7 Å². The highest BCUT2D eigenvalue weighted by atomic mass is 32.2. The highest BCUT2D eigenvalue weighted by Crippen LogP contribution is 2.22. The number of hydrogen-bond acceptors (Lipinski definition) is 5. The lowest BCUT2D eigenvalue weighted by atomic mass is 10.0. The lowest BCUT2D eigenvalue weighted by Gasteiger charge is -2.15. The van der Waals surface area contributed by atoms with E-state index in [1.54, 1.807) is 0 Å². The molecule has 0 bridgehead atoms. The minimum Gasteiger partial charge on any atom is -0.480 e. The highest BCUT2D eigenvalue weighted by Gasteiger charge is 2.21. The van der Waals surface area contributed by atoms with E-state index in [2.05, 4.69) is 10.6 Å². The number of anilines is 1. The number of aliphatic carboxylic acids is 1. The molecule has 0 aromatic heterocycles. The molecule has 0 heterocycles. The number of hydrogen-bond donors (Lipinski definition) is 3. The first kappa shape index (κ1) is 21.6. The van der Waals surface area contributed by atoms with Crippen LogP contribution in [0.1, 0.15) is 31.4 Å². The van der Waals surface area contributed by atoms with E-state index in [0.717, 1.165) is 29.7 Å². The molecule has 0 fully saturated rings. The number of carbonyl (C=O) groups excluding carboxylic acids is 1. The van der Waals surface area contributed by atoms with Crippen LogP contribution in [0.15, 0.2) is 30.0 Å². The molecule has 0 aliphatic carbocycles. The van der Waals surface area contributed by atoms with E-state index >= 15 is 0 Å². The molecule has 0 saturated heterocycles. The van der Waals surface area contributed by atoms with Crippen molar-refractivity contribution in [1.29, 1.82) is 5.26 Å². The summed E-state index contributed by atoms with van der Waals surface area (Å²) in [7, 11) is 0. The summed E-state index contributed by atoms with van der Waals surface area (Å²) >= 11 is 1.50. The van der Waals surface area contributed by atoms with Crippen LogP contribution in [0.5, 0.6) is 0 Å². The first-order valence-corrected chi connectivity index (χ1v) is 9.87. The van der Waals surface area contributed by atoms with Crippen LogP contribution in [-0.2, 0) is 22.4 Å². The fourth-order valence-electron chi connectivity index (χ4n) is 2.45. The number of nitrogens with zero attached hydrogens (tertiary/aromatic N) is 1. The number of carbonyl (C=O) groups is 2. The standard InChI is InChI=1S/C19H25N3O3S/c1-4-13-7-6-8-14(5-2)17(13)21-12-15(11-20)18(23)22-16(19(24)25)9-10-26-3/h6-8,12,16,21H,4-5,9-10H2,1-3H3,(H,22,23)(H,24,25)/b15-12-. The third-order valence-electron chi connectivity index (χ3n) is 3.94. The van der Waals surface area contributed by atoms with E-state index < -0.39 is 17.9 Å². The van der Waals surface area contributed by atoms with Gasteiger partial charge in [-0.15, -0.1) is 0 Å². The third kappa shape index (κ3) is 6.12. The van der Waals surface area contributed by atoms with E-state index in [9.17, 15) is 20.0 Å². The Morgan fingerprint density at radius 3 is 2.38 bits per heavy atom. The molecule has 140 valence electrons. The number of rotatable bonds is 10. The van der Waals surface area contributed by atoms with Gasteiger partial charge in [0, 0.05) is 11.9 Å². The molecule has 0 aliphatic heterocycles. The molecule has 3 N–H and O–H groups in total. The number of carboxylic acids is 1. The van der Waals surface area contributed by atoms with Crippen LogP contribution in [-0.4, -0.2) is 35.0 Å². The van der Waals surface area contributed by atoms with E-state index in [-0.39, 0.29) is 5.57 Å². The third-order valence-corrected chi connectivity index (χ3v) is 4.58. The van der Waals surface area contributed by atoms with Crippen molar-refractivity contribution in [3.63, 3.8) is 0 Å². The monoisotopic (exact) mass is 375 g/mol. The van der Waals surface area contributed by atoms with Crippen molar-refractivity contribution in [2.75, 3.05) is 17.3 Å². The van der Waals surface area contributed by atoms with Gasteiger partial charge >= 0.3 is 5.97 Å². The highest BCUT2D eigenvalue weighted by molar-refractivity contribution is 7.98. The zero-order valence-corrected chi connectivity index (χ0v) is 16.2. The van der Waals surface area contributed by atoms with Gasteiger partial charge in [-0.25, -0.2) is 4.79 Å². The molecular weight excluding hydrogens is 350 g/mol. The summed E-state index contributed by atoms with van der Waals surface area (Å²) in [4.78, 5) is 23.5. The molecule has 7 heteroatoms. The molecule has 0 aliphatic rings. The Hall–Kier alpha value is -2.46. The van der Waals surface area contributed by atoms with E-state index in [1.807, 2.05) is 44.4 Å². The van der Waals surface area contributed by atoms with Gasteiger partial charge in [0.2, 0.25) is 0 Å². The number of amides is 1. The van der Waals surface area contributed by atoms with Crippen LogP contribution < -0.4 is 10.6 Å². The van der Waals surface area contributed by atoms with E-state index in [4.69, 9.17) is 0 Å². The summed E-state index contributed by atoms with van der Waals surface area (Å²) < 4.78 is 0. The molecule has 1 aromatic carbocycles. The van der Waals surface area contributed by atoms with Crippen molar-refractivity contribution in [3.05, 3.63) is 41.1 Å². The van der Waals surface area contributed by atoms with Crippen molar-refractivity contribution in [1.82, 2.24) is 5.32 Å². The number of nitriles is 1. The van der Waals surface area contributed by atoms with Gasteiger partial charge < -0.3 is 15.7 Å². The number of benzene rings is 1. The van der Waals surface area contributed by atoms with Crippen LogP contribution >= 0.6 is 11.8 Å². The molecule has 1 aromatic rings. The number of para-hydroxylation sites is 1. The fraction of sp³-hybridized carbons (Fsp3) is 0.421. The first-order chi connectivity index (χ1) is 12.5. The molecule has 1 atom stereocenters. The summed E-state index contributed by atoms with van der Waals surface area (Å²) in [6, 6.07) is 6.78. The number of aryl methyl sites for hydroxylation is 2. The minimum absolute atomic E-state index is 0.159. The zero-order valence-electron chi connectivity index (χ0n) is 15.3. The second kappa shape index (κ2) is 11.2. The Bertz CT molecular complexity index is 688. The Labute approximate surface area is 158 Å². The fourth-order valence-corrected chi connectivity index (χ4v) is 2.92. The molecule has 0 saturated carbocycles. The second-order valence-electron chi connectivity index (χ2n) is 5.62. The predicted octanol–water partition coefficient (Wildman–Crippen LogP) is 2.95. The smallest absolute Gasteiger partial charge is 0.326 e. The molecule has 1 amide bonds. The van der Waals surface area contributed by atoms with Gasteiger partial charge in [0.25, 0.3) is 5.91 Å². The number of thioether (sulfide) groups is 1. The van der Waals surface area contributed by atoms with Gasteiger partial charge in [0.15, 0.2) is 0 Å². The summed E-state index contributed by atoms with van der Waals surface area (Å²) in [6.45, 7) is 4.07. The average Bonchev–Trinajstić information content (AvgIpc) is 2.64. The van der Waals surface area contributed by atoms with Gasteiger partial charge in [-0.1, -0.05) is 32.0 Å². The number of carboxylic acid groups (broad SMARTS) is 1. The van der Waals surface area contributed by atoms with E-state index in [1.165, 1.54) is 18.0 Å². The molecule has 1 rings (SSSR count). The Morgan fingerprint density at radius 1 is 1.31 bits per heavy atom. The van der Waals surface area contributed by atoms with Crippen molar-refractivity contribution < 1.29 is 14.7 Å². The molecule has 6 nitrogen and oxygen atoms in total. The van der Waals surface area contributed by atoms with Gasteiger partial charge in [-0.05, 0) is 42.4 Å². The summed E-state index contributed by atoms with van der Waals surface area (Å²) in [5, 5.41) is 24.0. The van der Waals surface area contributed by atoms with Crippen molar-refractivity contribution >= 4 is 29.3 Å². The van der Waals surface area contributed by atoms with Crippen LogP contribution in [0.25, 0.3) is 0 Å². The SMILES string of the molecule is CCc1cccc(CC)c1N/C=C(/C#N)C(=O)NC(CCSC)C(=O)O. The topological polar surface area (TPSA) is 102 Å². The van der Waals surface area contributed by atoms with Crippen LogP contribution in [0.3, 0.4) is 0 Å². The van der Waals surface area contributed by atoms with Gasteiger partial charge in [0.05, 0.1) is 0 Å². The molecular formula is C19H25N3O3S. The lowest BCUT2D eigenvalue weighted by molar-refractivity contribution is -0.141. The van der Waals surface area contributed by atoms with E-state index in [0.29, 0.717) is 12.2 Å². The summed E-state index contributed by atoms with van der Waals surface area (Å²) in [5.41, 5.74) is 2.90. The number of nitrogens with one attached hydrogen (secondary N) is 2. The van der Waals surface area contributed by atoms with Crippen molar-refractivity contribution in [3.8, 4) is 6.07 Å². The quantitative estimate of drug-likeness (QED) is 0.429. The lowest BCUT2D eigenvalue weighted by Crippen LogP contribution is -2.41. The van der Waals surface area contributed by atoms with Crippen molar-refractivity contribution in [2.24, 2.45) is 0 Å². The van der Waals surface area contributed by atoms with Crippen molar-refractivity contribution in [2.45, 2.75) is 39.2 Å². The largest absolute Gasteiger partial charge is 0.480 e. The second-order valence-corrected chi connectivity index (χ2v) is 6.60. The normalized spacial score (nSPS) is 12.2. The van der Waals surface area contributed by atoms with Gasteiger partial charge in [-0.2, -0.15) is 17.0 Å². The maximum atomic E-state index is 12.3. The van der Waals surface area contributed by atoms with Crippen LogP contribution in [0.2, 0.25) is 0 Å². The maximum absolute atomic E-state index is 12.3. The first-order valence-electron chi connectivity index (χ1n) is 8.48. The summed E-state index contributed by atoms with van der Waals surface area (Å²) in [6.07, 6.45) is 5.13.